The standard InChI is InChI=1S/C12H17NO/c1-12(2)13-11(9-14-12)8-10-6-4-3-5-7-10/h3-7,11,13H,8-9H2,1-2H3. The number of nitrogens with one attached hydrogen (secondary N) is 1. The lowest BCUT2D eigenvalue weighted by Gasteiger charge is -2.18. The number of hydrogen-bond donors (Lipinski definition) is 1. The third kappa shape index (κ3) is 2.34. The van der Waals surface area contributed by atoms with Gasteiger partial charge in [-0.05, 0) is 25.8 Å². The van der Waals surface area contributed by atoms with Gasteiger partial charge >= 0.3 is 0 Å². The lowest BCUT2D eigenvalue weighted by molar-refractivity contribution is 0.0231. The molecule has 76 valence electrons. The van der Waals surface area contributed by atoms with Gasteiger partial charge in [0.2, 0.25) is 0 Å². The molecule has 0 radical (unpaired) electrons. The quantitative estimate of drug-likeness (QED) is 0.771. The fraction of sp³-hybridized carbons (Fsp3) is 0.500. The van der Waals surface area contributed by atoms with Gasteiger partial charge in [0, 0.05) is 6.04 Å². The van der Waals surface area contributed by atoms with E-state index in [-0.39, 0.29) is 5.72 Å². The summed E-state index contributed by atoms with van der Waals surface area (Å²) in [5, 5.41) is 3.46. The second kappa shape index (κ2) is 3.71. The predicted molar refractivity (Wildman–Crippen MR) is 57.1 cm³/mol. The molecule has 1 aromatic carbocycles. The molecule has 1 aliphatic heterocycles. The summed E-state index contributed by atoms with van der Waals surface area (Å²) < 4.78 is 5.61. The monoisotopic (exact) mass is 191 g/mol. The third-order valence-electron chi connectivity index (χ3n) is 2.52. The van der Waals surface area contributed by atoms with Crippen LogP contribution in [0.3, 0.4) is 0 Å². The zero-order chi connectivity index (χ0) is 10.0. The zero-order valence-electron chi connectivity index (χ0n) is 8.79. The normalized spacial score (nSPS) is 25.1. The average Bonchev–Trinajstić information content (AvgIpc) is 2.47. The first-order valence-corrected chi connectivity index (χ1v) is 5.11. The molecule has 1 heterocycles. The summed E-state index contributed by atoms with van der Waals surface area (Å²) in [5.41, 5.74) is 1.21. The van der Waals surface area contributed by atoms with Crippen LogP contribution >= 0.6 is 0 Å². The van der Waals surface area contributed by atoms with Gasteiger partial charge in [0.25, 0.3) is 0 Å². The highest BCUT2D eigenvalue weighted by Crippen LogP contribution is 2.16. The van der Waals surface area contributed by atoms with Crippen molar-refractivity contribution in [2.24, 2.45) is 0 Å². The highest BCUT2D eigenvalue weighted by molar-refractivity contribution is 5.16. The van der Waals surface area contributed by atoms with Crippen molar-refractivity contribution in [3.8, 4) is 0 Å². The Hall–Kier alpha value is -0.860. The Bertz CT molecular complexity index is 294. The van der Waals surface area contributed by atoms with Gasteiger partial charge in [0.15, 0.2) is 0 Å². The van der Waals surface area contributed by atoms with Gasteiger partial charge in [-0.15, -0.1) is 0 Å². The molecule has 1 saturated heterocycles. The molecule has 1 N–H and O–H groups in total. The number of benzene rings is 1. The van der Waals surface area contributed by atoms with Crippen molar-refractivity contribution in [1.29, 1.82) is 0 Å². The maximum Gasteiger partial charge on any atom is 0.113 e. The van der Waals surface area contributed by atoms with Crippen LogP contribution in [0.25, 0.3) is 0 Å². The second-order valence-corrected chi connectivity index (χ2v) is 4.35. The van der Waals surface area contributed by atoms with E-state index in [0.29, 0.717) is 6.04 Å². The van der Waals surface area contributed by atoms with E-state index in [1.807, 2.05) is 6.07 Å². The molecule has 2 nitrogen and oxygen atoms in total. The Labute approximate surface area is 85.3 Å². The minimum Gasteiger partial charge on any atom is -0.360 e. The summed E-state index contributed by atoms with van der Waals surface area (Å²) in [6.07, 6.45) is 1.05. The van der Waals surface area contributed by atoms with Crippen molar-refractivity contribution in [3.05, 3.63) is 35.9 Å². The molecule has 0 aromatic heterocycles. The van der Waals surface area contributed by atoms with E-state index in [1.54, 1.807) is 0 Å². The lowest BCUT2D eigenvalue weighted by Crippen LogP contribution is -2.39. The Balaban J connectivity index is 1.94. The van der Waals surface area contributed by atoms with Crippen LogP contribution in [0.2, 0.25) is 0 Å². The van der Waals surface area contributed by atoms with Gasteiger partial charge in [0.05, 0.1) is 6.61 Å². The molecule has 0 saturated carbocycles. The largest absolute Gasteiger partial charge is 0.360 e. The maximum atomic E-state index is 5.61. The lowest BCUT2D eigenvalue weighted by atomic mass is 10.1. The topological polar surface area (TPSA) is 21.3 Å². The van der Waals surface area contributed by atoms with Crippen LogP contribution in [-0.2, 0) is 11.2 Å². The van der Waals surface area contributed by atoms with Crippen molar-refractivity contribution in [3.63, 3.8) is 0 Å². The fourth-order valence-electron chi connectivity index (χ4n) is 1.89. The molecule has 1 aromatic rings. The first-order chi connectivity index (χ1) is 6.66. The van der Waals surface area contributed by atoms with E-state index >= 15 is 0 Å². The highest BCUT2D eigenvalue weighted by atomic mass is 16.5. The van der Waals surface area contributed by atoms with E-state index < -0.39 is 0 Å². The fourth-order valence-corrected chi connectivity index (χ4v) is 1.89. The van der Waals surface area contributed by atoms with Gasteiger partial charge in [0.1, 0.15) is 5.72 Å². The smallest absolute Gasteiger partial charge is 0.113 e. The van der Waals surface area contributed by atoms with Crippen molar-refractivity contribution in [2.45, 2.75) is 32.0 Å². The van der Waals surface area contributed by atoms with Gasteiger partial charge < -0.3 is 4.74 Å². The summed E-state index contributed by atoms with van der Waals surface area (Å²) in [6.45, 7) is 4.94. The molecule has 1 fully saturated rings. The van der Waals surface area contributed by atoms with Crippen LogP contribution in [0.5, 0.6) is 0 Å². The molecule has 0 aliphatic carbocycles. The van der Waals surface area contributed by atoms with Crippen molar-refractivity contribution >= 4 is 0 Å². The van der Waals surface area contributed by atoms with E-state index in [1.165, 1.54) is 5.56 Å². The number of rotatable bonds is 2. The summed E-state index contributed by atoms with van der Waals surface area (Å²) in [4.78, 5) is 0. The zero-order valence-corrected chi connectivity index (χ0v) is 8.79. The van der Waals surface area contributed by atoms with E-state index in [2.05, 4.69) is 43.4 Å². The Morgan fingerprint density at radius 3 is 2.64 bits per heavy atom. The minimum absolute atomic E-state index is 0.153. The van der Waals surface area contributed by atoms with Gasteiger partial charge in [-0.25, -0.2) is 0 Å². The molecular weight excluding hydrogens is 174 g/mol. The van der Waals surface area contributed by atoms with Crippen molar-refractivity contribution in [2.75, 3.05) is 6.61 Å². The predicted octanol–water partition coefficient (Wildman–Crippen LogP) is 1.95. The van der Waals surface area contributed by atoms with Gasteiger partial charge in [-0.1, -0.05) is 30.3 Å². The molecule has 0 spiro atoms. The third-order valence-corrected chi connectivity index (χ3v) is 2.52. The van der Waals surface area contributed by atoms with Crippen LogP contribution in [0.15, 0.2) is 30.3 Å². The Morgan fingerprint density at radius 1 is 1.36 bits per heavy atom. The van der Waals surface area contributed by atoms with Gasteiger partial charge in [-0.3, -0.25) is 5.32 Å². The minimum atomic E-state index is -0.153. The molecule has 2 heteroatoms. The molecule has 14 heavy (non-hydrogen) atoms. The molecule has 2 rings (SSSR count). The Morgan fingerprint density at radius 2 is 2.07 bits per heavy atom. The average molecular weight is 191 g/mol. The molecule has 0 bridgehead atoms. The first-order valence-electron chi connectivity index (χ1n) is 5.11. The van der Waals surface area contributed by atoms with Crippen molar-refractivity contribution in [1.82, 2.24) is 5.32 Å². The van der Waals surface area contributed by atoms with Crippen molar-refractivity contribution < 1.29 is 4.74 Å². The summed E-state index contributed by atoms with van der Waals surface area (Å²) in [6, 6.07) is 11.0. The number of hydrogen-bond acceptors (Lipinski definition) is 2. The summed E-state index contributed by atoms with van der Waals surface area (Å²) in [5.74, 6) is 0. The molecule has 0 amide bonds. The van der Waals surface area contributed by atoms with Crippen LogP contribution in [0.4, 0.5) is 0 Å². The molecule has 1 unspecified atom stereocenters. The van der Waals surface area contributed by atoms with Crippen LogP contribution < -0.4 is 5.32 Å². The molecular formula is C12H17NO. The maximum absolute atomic E-state index is 5.61. The Kier molecular flexibility index (Phi) is 2.57. The summed E-state index contributed by atoms with van der Waals surface area (Å²) >= 11 is 0. The summed E-state index contributed by atoms with van der Waals surface area (Å²) in [7, 11) is 0. The number of ether oxygens (including phenoxy) is 1. The first kappa shape index (κ1) is 9.69. The van der Waals surface area contributed by atoms with Crippen LogP contribution in [0.1, 0.15) is 19.4 Å². The second-order valence-electron chi connectivity index (χ2n) is 4.35. The molecule has 1 atom stereocenters. The van der Waals surface area contributed by atoms with E-state index in [0.717, 1.165) is 13.0 Å². The SMILES string of the molecule is CC1(C)NC(Cc2ccccc2)CO1. The molecule has 1 aliphatic rings. The van der Waals surface area contributed by atoms with Gasteiger partial charge in [-0.2, -0.15) is 0 Å². The van der Waals surface area contributed by atoms with E-state index in [9.17, 15) is 0 Å². The van der Waals surface area contributed by atoms with Crippen LogP contribution in [0, 0.1) is 0 Å². The van der Waals surface area contributed by atoms with Crippen LogP contribution in [-0.4, -0.2) is 18.4 Å². The highest BCUT2D eigenvalue weighted by Gasteiger charge is 2.30. The van der Waals surface area contributed by atoms with E-state index in [4.69, 9.17) is 4.74 Å².